The maximum Gasteiger partial charge on any atom is 0.305 e. The second-order valence-electron chi connectivity index (χ2n) is 12.3. The minimum absolute atomic E-state index is 0.0651. The Morgan fingerprint density at radius 2 is 1.57 bits per heavy atom. The molecule has 3 aromatic rings. The van der Waals surface area contributed by atoms with E-state index >= 15 is 0 Å². The molecule has 8 nitrogen and oxygen atoms in total. The van der Waals surface area contributed by atoms with Gasteiger partial charge < -0.3 is 25.4 Å². The van der Waals surface area contributed by atoms with Crippen LogP contribution in [0.2, 0.25) is 0 Å². The van der Waals surface area contributed by atoms with Gasteiger partial charge in [0.05, 0.1) is 43.0 Å². The van der Waals surface area contributed by atoms with Crippen molar-refractivity contribution < 1.29 is 24.2 Å². The lowest BCUT2D eigenvalue weighted by Crippen LogP contribution is -2.50. The number of hydrogen-bond donors (Lipinski definition) is 3. The van der Waals surface area contributed by atoms with Gasteiger partial charge in [-0.1, -0.05) is 73.0 Å². The van der Waals surface area contributed by atoms with E-state index in [0.29, 0.717) is 24.5 Å². The molecule has 1 aliphatic carbocycles. The number of carboxylic acids is 1. The van der Waals surface area contributed by atoms with Crippen LogP contribution in [0.4, 0.5) is 11.4 Å². The number of nitrogens with zero attached hydrogens (tertiary/aromatic N) is 1. The van der Waals surface area contributed by atoms with E-state index in [4.69, 9.17) is 4.74 Å². The molecule has 0 bridgehead atoms. The first kappa shape index (κ1) is 31.3. The Balaban J connectivity index is 1.49. The number of amides is 2. The maximum atomic E-state index is 14.2. The van der Waals surface area contributed by atoms with Gasteiger partial charge in [0, 0.05) is 17.6 Å². The van der Waals surface area contributed by atoms with Crippen molar-refractivity contribution in [3.05, 3.63) is 95.1 Å². The lowest BCUT2D eigenvalue weighted by Gasteiger charge is -2.41. The van der Waals surface area contributed by atoms with Crippen molar-refractivity contribution >= 4 is 29.2 Å². The molecule has 1 saturated carbocycles. The van der Waals surface area contributed by atoms with Crippen molar-refractivity contribution in [2.24, 2.45) is 5.92 Å². The third-order valence-electron chi connectivity index (χ3n) is 8.94. The average molecular weight is 598 g/mol. The Labute approximate surface area is 259 Å². The highest BCUT2D eigenvalue weighted by Crippen LogP contribution is 2.39. The van der Waals surface area contributed by atoms with Gasteiger partial charge in [0.15, 0.2) is 0 Å². The number of carboxylic acid groups (broad SMARTS) is 1. The Bertz CT molecular complexity index is 1440. The van der Waals surface area contributed by atoms with E-state index < -0.39 is 17.9 Å². The summed E-state index contributed by atoms with van der Waals surface area (Å²) in [6.07, 6.45) is 3.99. The zero-order chi connectivity index (χ0) is 31.2. The van der Waals surface area contributed by atoms with Gasteiger partial charge in [-0.25, -0.2) is 0 Å². The highest BCUT2D eigenvalue weighted by atomic mass is 16.5. The predicted octanol–water partition coefficient (Wildman–Crippen LogP) is 6.47. The van der Waals surface area contributed by atoms with Crippen molar-refractivity contribution in [1.29, 1.82) is 0 Å². The van der Waals surface area contributed by atoms with E-state index in [2.05, 4.69) is 29.4 Å². The molecule has 44 heavy (non-hydrogen) atoms. The molecule has 232 valence electrons. The summed E-state index contributed by atoms with van der Waals surface area (Å²) in [4.78, 5) is 41.8. The number of hydrogen-bond acceptors (Lipinski definition) is 5. The molecule has 2 amide bonds. The number of anilines is 2. The van der Waals surface area contributed by atoms with E-state index in [0.717, 1.165) is 48.1 Å². The van der Waals surface area contributed by atoms with Crippen LogP contribution >= 0.6 is 0 Å². The van der Waals surface area contributed by atoms with E-state index in [-0.39, 0.29) is 36.2 Å². The van der Waals surface area contributed by atoms with E-state index in [1.165, 1.54) is 0 Å². The largest absolute Gasteiger partial charge is 0.481 e. The molecule has 3 aromatic carbocycles. The lowest BCUT2D eigenvalue weighted by molar-refractivity contribution is -0.137. The fourth-order valence-electron chi connectivity index (χ4n) is 6.75. The molecule has 1 aliphatic heterocycles. The van der Waals surface area contributed by atoms with Crippen LogP contribution in [0.15, 0.2) is 72.8 Å². The van der Waals surface area contributed by atoms with Crippen LogP contribution in [-0.2, 0) is 14.3 Å². The normalized spacial score (nSPS) is 20.1. The SMILES string of the molecule is Cc1ccc(C(CC(=O)O)NC(=O)c2ccc(N3C(C)COCC3C)c(NC(=O)C(c3ccccc3)C3CCCC3)c2)cc1. The minimum Gasteiger partial charge on any atom is -0.481 e. The van der Waals surface area contributed by atoms with Crippen LogP contribution in [0.1, 0.15) is 85.0 Å². The maximum absolute atomic E-state index is 14.2. The second-order valence-corrected chi connectivity index (χ2v) is 12.3. The fraction of sp³-hybridized carbons (Fsp3) is 0.417. The van der Waals surface area contributed by atoms with Gasteiger partial charge in [-0.05, 0) is 68.9 Å². The first-order chi connectivity index (χ1) is 21.2. The number of aliphatic carboxylic acids is 1. The number of ether oxygens (including phenoxy) is 1. The number of benzene rings is 3. The van der Waals surface area contributed by atoms with Crippen molar-refractivity contribution in [2.75, 3.05) is 23.4 Å². The molecular formula is C36H43N3O5. The summed E-state index contributed by atoms with van der Waals surface area (Å²) < 4.78 is 5.78. The Kier molecular flexibility index (Phi) is 10.0. The second kappa shape index (κ2) is 14.1. The molecule has 8 heteroatoms. The quantitative estimate of drug-likeness (QED) is 0.247. The van der Waals surface area contributed by atoms with Gasteiger partial charge in [0.2, 0.25) is 5.91 Å². The first-order valence-electron chi connectivity index (χ1n) is 15.7. The van der Waals surface area contributed by atoms with Crippen LogP contribution in [-0.4, -0.2) is 48.2 Å². The van der Waals surface area contributed by atoms with Gasteiger partial charge in [-0.3, -0.25) is 14.4 Å². The zero-order valence-electron chi connectivity index (χ0n) is 25.8. The zero-order valence-corrected chi connectivity index (χ0v) is 25.8. The summed E-state index contributed by atoms with van der Waals surface area (Å²) in [5, 5.41) is 15.8. The number of morpholine rings is 1. The van der Waals surface area contributed by atoms with Crippen molar-refractivity contribution in [3.63, 3.8) is 0 Å². The smallest absolute Gasteiger partial charge is 0.305 e. The monoisotopic (exact) mass is 597 g/mol. The summed E-state index contributed by atoms with van der Waals surface area (Å²) in [6.45, 7) is 7.25. The van der Waals surface area contributed by atoms with Gasteiger partial charge >= 0.3 is 5.97 Å². The molecule has 0 radical (unpaired) electrons. The van der Waals surface area contributed by atoms with E-state index in [1.807, 2.05) is 67.6 Å². The fourth-order valence-corrected chi connectivity index (χ4v) is 6.75. The summed E-state index contributed by atoms with van der Waals surface area (Å²) in [5.41, 5.74) is 4.49. The third-order valence-corrected chi connectivity index (χ3v) is 8.94. The summed E-state index contributed by atoms with van der Waals surface area (Å²) in [7, 11) is 0. The number of carbonyl (C=O) groups excluding carboxylic acids is 2. The molecule has 2 aliphatic rings. The average Bonchev–Trinajstić information content (AvgIpc) is 3.52. The molecule has 4 unspecified atom stereocenters. The minimum atomic E-state index is -1.01. The van der Waals surface area contributed by atoms with Crippen LogP contribution in [0.25, 0.3) is 0 Å². The number of nitrogens with one attached hydrogen (secondary N) is 2. The molecule has 0 spiro atoms. The topological polar surface area (TPSA) is 108 Å². The number of carbonyl (C=O) groups is 3. The molecule has 5 rings (SSSR count). The number of aryl methyl sites for hydroxylation is 1. The van der Waals surface area contributed by atoms with Crippen molar-refractivity contribution in [1.82, 2.24) is 5.32 Å². The van der Waals surface area contributed by atoms with Crippen LogP contribution in [0.5, 0.6) is 0 Å². The molecule has 1 saturated heterocycles. The van der Waals surface area contributed by atoms with E-state index in [1.54, 1.807) is 12.1 Å². The van der Waals surface area contributed by atoms with Crippen molar-refractivity contribution in [2.45, 2.75) is 76.9 Å². The molecular weight excluding hydrogens is 554 g/mol. The van der Waals surface area contributed by atoms with Crippen LogP contribution in [0.3, 0.4) is 0 Å². The predicted molar refractivity (Wildman–Crippen MR) is 172 cm³/mol. The van der Waals surface area contributed by atoms with Gasteiger partial charge in [-0.15, -0.1) is 0 Å². The van der Waals surface area contributed by atoms with Gasteiger partial charge in [-0.2, -0.15) is 0 Å². The summed E-state index contributed by atoms with van der Waals surface area (Å²) in [5.74, 6) is -1.55. The molecule has 2 fully saturated rings. The highest BCUT2D eigenvalue weighted by molar-refractivity contribution is 6.02. The molecule has 0 aromatic heterocycles. The first-order valence-corrected chi connectivity index (χ1v) is 15.7. The Morgan fingerprint density at radius 3 is 2.20 bits per heavy atom. The van der Waals surface area contributed by atoms with Gasteiger partial charge in [0.25, 0.3) is 5.91 Å². The standard InChI is InChI=1S/C36H43N3O5/c1-23-13-15-26(16-14-23)30(20-33(40)41)37-35(42)29-17-18-32(39-24(2)21-44-22-25(39)3)31(19-29)38-36(43)34(28-11-7-8-12-28)27-9-5-4-6-10-27/h4-6,9-10,13-19,24-25,28,30,34H,7-8,11-12,20-22H2,1-3H3,(H,37,42)(H,38,43)(H,40,41). The lowest BCUT2D eigenvalue weighted by atomic mass is 9.84. The highest BCUT2D eigenvalue weighted by Gasteiger charge is 2.34. The summed E-state index contributed by atoms with van der Waals surface area (Å²) in [6, 6.07) is 22.2. The third kappa shape index (κ3) is 7.30. The van der Waals surface area contributed by atoms with Crippen molar-refractivity contribution in [3.8, 4) is 0 Å². The molecule has 4 atom stereocenters. The molecule has 1 heterocycles. The molecule has 3 N–H and O–H groups in total. The Morgan fingerprint density at radius 1 is 0.909 bits per heavy atom. The Hall–Kier alpha value is -4.17. The van der Waals surface area contributed by atoms with Gasteiger partial charge in [0.1, 0.15) is 0 Å². The summed E-state index contributed by atoms with van der Waals surface area (Å²) >= 11 is 0. The number of rotatable bonds is 10. The van der Waals surface area contributed by atoms with E-state index in [9.17, 15) is 19.5 Å². The van der Waals surface area contributed by atoms with Crippen LogP contribution < -0.4 is 15.5 Å². The van der Waals surface area contributed by atoms with Crippen LogP contribution in [0, 0.1) is 12.8 Å².